The van der Waals surface area contributed by atoms with Gasteiger partial charge in [-0.1, -0.05) is 45.0 Å². The SMILES string of the molecule is CCc1ccc(C(C)(C)CN2CCCNCC2)cc1. The lowest BCUT2D eigenvalue weighted by Gasteiger charge is -2.32. The van der Waals surface area contributed by atoms with E-state index < -0.39 is 0 Å². The lowest BCUT2D eigenvalue weighted by molar-refractivity contribution is 0.237. The molecule has 0 aromatic heterocycles. The number of nitrogens with one attached hydrogen (secondary N) is 1. The standard InChI is InChI=1S/C17H28N2/c1-4-15-6-8-16(9-7-15)17(2,3)14-19-12-5-10-18-11-13-19/h6-9,18H,4-5,10-14H2,1-3H3. The molecule has 1 saturated heterocycles. The third kappa shape index (κ3) is 4.05. The van der Waals surface area contributed by atoms with E-state index in [0.717, 1.165) is 19.5 Å². The quantitative estimate of drug-likeness (QED) is 0.895. The number of aryl methyl sites for hydroxylation is 1. The Labute approximate surface area is 118 Å². The summed E-state index contributed by atoms with van der Waals surface area (Å²) in [5.74, 6) is 0. The fourth-order valence-electron chi connectivity index (χ4n) is 2.90. The minimum atomic E-state index is 0.233. The molecule has 2 heteroatoms. The van der Waals surface area contributed by atoms with E-state index in [1.165, 1.54) is 37.2 Å². The smallest absolute Gasteiger partial charge is 0.0107 e. The van der Waals surface area contributed by atoms with Crippen LogP contribution in [0.1, 0.15) is 38.3 Å². The maximum Gasteiger partial charge on any atom is 0.0107 e. The fourth-order valence-corrected chi connectivity index (χ4v) is 2.90. The van der Waals surface area contributed by atoms with Gasteiger partial charge in [-0.25, -0.2) is 0 Å². The average Bonchev–Trinajstić information content (AvgIpc) is 2.67. The van der Waals surface area contributed by atoms with Crippen molar-refractivity contribution in [2.24, 2.45) is 0 Å². The van der Waals surface area contributed by atoms with Crippen LogP contribution in [-0.2, 0) is 11.8 Å². The molecule has 0 spiro atoms. The molecule has 2 rings (SSSR count). The van der Waals surface area contributed by atoms with Gasteiger partial charge in [0.15, 0.2) is 0 Å². The van der Waals surface area contributed by atoms with Gasteiger partial charge in [-0.15, -0.1) is 0 Å². The zero-order chi connectivity index (χ0) is 13.7. The number of rotatable bonds is 4. The highest BCUT2D eigenvalue weighted by molar-refractivity contribution is 5.28. The minimum absolute atomic E-state index is 0.233. The van der Waals surface area contributed by atoms with E-state index in [1.807, 2.05) is 0 Å². The van der Waals surface area contributed by atoms with E-state index in [4.69, 9.17) is 0 Å². The fraction of sp³-hybridized carbons (Fsp3) is 0.647. The number of hydrogen-bond acceptors (Lipinski definition) is 2. The molecule has 1 heterocycles. The van der Waals surface area contributed by atoms with Crippen molar-refractivity contribution in [2.45, 2.75) is 39.0 Å². The normalized spacial score (nSPS) is 18.3. The molecule has 1 aromatic carbocycles. The molecule has 0 saturated carbocycles. The molecule has 1 N–H and O–H groups in total. The lowest BCUT2D eigenvalue weighted by Crippen LogP contribution is -2.38. The molecule has 2 nitrogen and oxygen atoms in total. The van der Waals surface area contributed by atoms with Crippen molar-refractivity contribution in [1.82, 2.24) is 10.2 Å². The molecule has 0 unspecified atom stereocenters. The first kappa shape index (κ1) is 14.5. The number of nitrogens with zero attached hydrogens (tertiary/aromatic N) is 1. The van der Waals surface area contributed by atoms with E-state index in [0.29, 0.717) is 0 Å². The second-order valence-corrected chi connectivity index (χ2v) is 6.31. The molecule has 0 atom stereocenters. The van der Waals surface area contributed by atoms with E-state index in [-0.39, 0.29) is 5.41 Å². The first-order valence-corrected chi connectivity index (χ1v) is 7.64. The number of hydrogen-bond donors (Lipinski definition) is 1. The first-order chi connectivity index (χ1) is 9.12. The predicted octanol–water partition coefficient (Wildman–Crippen LogP) is 2.82. The van der Waals surface area contributed by atoms with Crippen molar-refractivity contribution in [3.63, 3.8) is 0 Å². The average molecular weight is 260 g/mol. The minimum Gasteiger partial charge on any atom is -0.315 e. The summed E-state index contributed by atoms with van der Waals surface area (Å²) in [6.07, 6.45) is 2.39. The van der Waals surface area contributed by atoms with Crippen LogP contribution in [0.4, 0.5) is 0 Å². The molecule has 1 fully saturated rings. The third-order valence-electron chi connectivity index (χ3n) is 4.20. The van der Waals surface area contributed by atoms with Crippen LogP contribution < -0.4 is 5.32 Å². The Bertz CT molecular complexity index is 373. The Hall–Kier alpha value is -0.860. The zero-order valence-electron chi connectivity index (χ0n) is 12.7. The summed E-state index contributed by atoms with van der Waals surface area (Å²) in [4.78, 5) is 2.60. The van der Waals surface area contributed by atoms with Crippen LogP contribution in [-0.4, -0.2) is 37.6 Å². The van der Waals surface area contributed by atoms with Gasteiger partial charge in [-0.2, -0.15) is 0 Å². The molecule has 1 aliphatic rings. The third-order valence-corrected chi connectivity index (χ3v) is 4.20. The Kier molecular flexibility index (Phi) is 5.00. The molecule has 106 valence electrons. The van der Waals surface area contributed by atoms with Gasteiger partial charge in [0, 0.05) is 25.0 Å². The van der Waals surface area contributed by atoms with Crippen molar-refractivity contribution >= 4 is 0 Å². The van der Waals surface area contributed by atoms with Crippen LogP contribution in [0.25, 0.3) is 0 Å². The maximum atomic E-state index is 3.48. The van der Waals surface area contributed by atoms with Crippen molar-refractivity contribution in [3.8, 4) is 0 Å². The van der Waals surface area contributed by atoms with E-state index in [2.05, 4.69) is 55.3 Å². The van der Waals surface area contributed by atoms with Crippen molar-refractivity contribution in [3.05, 3.63) is 35.4 Å². The van der Waals surface area contributed by atoms with Crippen LogP contribution in [0, 0.1) is 0 Å². The summed E-state index contributed by atoms with van der Waals surface area (Å²) in [6.45, 7) is 12.8. The maximum absolute atomic E-state index is 3.48. The summed E-state index contributed by atoms with van der Waals surface area (Å²) in [5.41, 5.74) is 3.12. The molecule has 19 heavy (non-hydrogen) atoms. The predicted molar refractivity (Wildman–Crippen MR) is 82.8 cm³/mol. The Balaban J connectivity index is 2.02. The summed E-state index contributed by atoms with van der Waals surface area (Å²) in [6, 6.07) is 9.19. The van der Waals surface area contributed by atoms with Crippen molar-refractivity contribution in [2.75, 3.05) is 32.7 Å². The van der Waals surface area contributed by atoms with Gasteiger partial charge in [0.1, 0.15) is 0 Å². The molecule has 0 aliphatic carbocycles. The summed E-state index contributed by atoms with van der Waals surface area (Å²) < 4.78 is 0. The lowest BCUT2D eigenvalue weighted by atomic mass is 9.83. The van der Waals surface area contributed by atoms with Crippen molar-refractivity contribution in [1.29, 1.82) is 0 Å². The molecule has 0 bridgehead atoms. The van der Waals surface area contributed by atoms with Gasteiger partial charge in [0.05, 0.1) is 0 Å². The highest BCUT2D eigenvalue weighted by atomic mass is 15.2. The highest BCUT2D eigenvalue weighted by Crippen LogP contribution is 2.25. The van der Waals surface area contributed by atoms with Crippen LogP contribution in [0.5, 0.6) is 0 Å². The van der Waals surface area contributed by atoms with Gasteiger partial charge in [-0.05, 0) is 37.1 Å². The summed E-state index contributed by atoms with van der Waals surface area (Å²) in [5, 5.41) is 3.48. The number of benzene rings is 1. The molecule has 0 radical (unpaired) electrons. The van der Waals surface area contributed by atoms with Crippen LogP contribution >= 0.6 is 0 Å². The van der Waals surface area contributed by atoms with Gasteiger partial charge >= 0.3 is 0 Å². The van der Waals surface area contributed by atoms with Crippen LogP contribution in [0.2, 0.25) is 0 Å². The van der Waals surface area contributed by atoms with Crippen LogP contribution in [0.15, 0.2) is 24.3 Å². The second kappa shape index (κ2) is 6.53. The Morgan fingerprint density at radius 1 is 1.11 bits per heavy atom. The monoisotopic (exact) mass is 260 g/mol. The molecular formula is C17H28N2. The van der Waals surface area contributed by atoms with Gasteiger partial charge in [0.25, 0.3) is 0 Å². The van der Waals surface area contributed by atoms with Gasteiger partial charge in [-0.3, -0.25) is 0 Å². The molecular weight excluding hydrogens is 232 g/mol. The molecule has 0 amide bonds. The Morgan fingerprint density at radius 3 is 2.53 bits per heavy atom. The van der Waals surface area contributed by atoms with E-state index in [9.17, 15) is 0 Å². The van der Waals surface area contributed by atoms with Gasteiger partial charge < -0.3 is 10.2 Å². The first-order valence-electron chi connectivity index (χ1n) is 7.64. The largest absolute Gasteiger partial charge is 0.315 e. The summed E-state index contributed by atoms with van der Waals surface area (Å²) >= 11 is 0. The van der Waals surface area contributed by atoms with E-state index in [1.54, 1.807) is 0 Å². The van der Waals surface area contributed by atoms with Gasteiger partial charge in [0.2, 0.25) is 0 Å². The molecule has 1 aliphatic heterocycles. The molecule has 1 aromatic rings. The summed E-state index contributed by atoms with van der Waals surface area (Å²) in [7, 11) is 0. The van der Waals surface area contributed by atoms with Crippen LogP contribution in [0.3, 0.4) is 0 Å². The topological polar surface area (TPSA) is 15.3 Å². The van der Waals surface area contributed by atoms with Crippen molar-refractivity contribution < 1.29 is 0 Å². The second-order valence-electron chi connectivity index (χ2n) is 6.31. The van der Waals surface area contributed by atoms with E-state index >= 15 is 0 Å². The highest BCUT2D eigenvalue weighted by Gasteiger charge is 2.24. The zero-order valence-corrected chi connectivity index (χ0v) is 12.7. The Morgan fingerprint density at radius 2 is 1.84 bits per heavy atom.